The molecule has 0 N–H and O–H groups in total. The molecule has 0 nitrogen and oxygen atoms in total. The molecule has 1 aromatic rings. The van der Waals surface area contributed by atoms with Crippen LogP contribution < -0.4 is 0 Å². The van der Waals surface area contributed by atoms with Crippen molar-refractivity contribution in [1.29, 1.82) is 0 Å². The number of hydrogen-bond acceptors (Lipinski definition) is 0. The number of allylic oxidation sites excluding steroid dienone is 1. The van der Waals surface area contributed by atoms with Crippen molar-refractivity contribution in [3.8, 4) is 0 Å². The van der Waals surface area contributed by atoms with E-state index in [-0.39, 0.29) is 0 Å². The first-order valence-electron chi connectivity index (χ1n) is 4.11. The summed E-state index contributed by atoms with van der Waals surface area (Å²) in [6.07, 6.45) is 4.93. The Kier molecular flexibility index (Phi) is 1.54. The van der Waals surface area contributed by atoms with Gasteiger partial charge in [-0.1, -0.05) is 41.5 Å². The molecular formula is C11H12. The summed E-state index contributed by atoms with van der Waals surface area (Å²) in [6.45, 7) is 2.13. The van der Waals surface area contributed by atoms with Crippen molar-refractivity contribution in [2.45, 2.75) is 19.8 Å². The Morgan fingerprint density at radius 3 is 2.73 bits per heavy atom. The van der Waals surface area contributed by atoms with Gasteiger partial charge in [0.15, 0.2) is 0 Å². The second-order valence-electron chi connectivity index (χ2n) is 3.22. The minimum Gasteiger partial charge on any atom is -0.0690 e. The van der Waals surface area contributed by atoms with Crippen molar-refractivity contribution in [3.05, 3.63) is 41.0 Å². The van der Waals surface area contributed by atoms with Crippen molar-refractivity contribution in [2.24, 2.45) is 0 Å². The van der Waals surface area contributed by atoms with E-state index in [4.69, 9.17) is 0 Å². The summed E-state index contributed by atoms with van der Waals surface area (Å²) in [6, 6.07) is 8.64. The van der Waals surface area contributed by atoms with E-state index in [9.17, 15) is 0 Å². The predicted molar refractivity (Wildman–Crippen MR) is 48.4 cm³/mol. The molecular weight excluding hydrogens is 132 g/mol. The van der Waals surface area contributed by atoms with E-state index in [0.717, 1.165) is 0 Å². The van der Waals surface area contributed by atoms with Gasteiger partial charge in [0.2, 0.25) is 0 Å². The quantitative estimate of drug-likeness (QED) is 0.568. The smallest absolute Gasteiger partial charge is 0.0254 e. The van der Waals surface area contributed by atoms with Crippen LogP contribution in [-0.2, 0) is 0 Å². The summed E-state index contributed by atoms with van der Waals surface area (Å²) >= 11 is 0. The largest absolute Gasteiger partial charge is 0.0690 e. The molecule has 0 saturated heterocycles. The first kappa shape index (κ1) is 6.66. The third-order valence-corrected chi connectivity index (χ3v) is 1.95. The predicted octanol–water partition coefficient (Wildman–Crippen LogP) is 3.17. The van der Waals surface area contributed by atoms with Crippen LogP contribution in [0, 0.1) is 6.92 Å². The first-order chi connectivity index (χ1) is 5.34. The van der Waals surface area contributed by atoms with Gasteiger partial charge in [0.05, 0.1) is 0 Å². The van der Waals surface area contributed by atoms with Crippen molar-refractivity contribution >= 4 is 6.08 Å². The van der Waals surface area contributed by atoms with Gasteiger partial charge in [0.1, 0.15) is 0 Å². The van der Waals surface area contributed by atoms with Crippen molar-refractivity contribution < 1.29 is 0 Å². The van der Waals surface area contributed by atoms with Crippen LogP contribution in [0.4, 0.5) is 0 Å². The fourth-order valence-corrected chi connectivity index (χ4v) is 1.21. The molecule has 0 bridgehead atoms. The molecule has 0 atom stereocenters. The van der Waals surface area contributed by atoms with Crippen LogP contribution >= 0.6 is 0 Å². The van der Waals surface area contributed by atoms with Gasteiger partial charge in [-0.15, -0.1) is 0 Å². The van der Waals surface area contributed by atoms with Gasteiger partial charge >= 0.3 is 0 Å². The standard InChI is InChI=1S/C11H12/c1-9-3-2-4-11(7-9)8-10-5-6-10/h2-4,7-8H,5-6H2,1H3. The van der Waals surface area contributed by atoms with Crippen LogP contribution in [0.5, 0.6) is 0 Å². The lowest BCUT2D eigenvalue weighted by molar-refractivity contribution is 1.46. The van der Waals surface area contributed by atoms with Gasteiger partial charge in [0.25, 0.3) is 0 Å². The second kappa shape index (κ2) is 2.54. The van der Waals surface area contributed by atoms with Crippen LogP contribution in [0.3, 0.4) is 0 Å². The lowest BCUT2D eigenvalue weighted by atomic mass is 10.1. The minimum atomic E-state index is 1.31. The molecule has 56 valence electrons. The molecule has 2 rings (SSSR count). The lowest BCUT2D eigenvalue weighted by Crippen LogP contribution is -1.73. The van der Waals surface area contributed by atoms with Crippen LogP contribution in [0.1, 0.15) is 24.0 Å². The van der Waals surface area contributed by atoms with Gasteiger partial charge in [-0.3, -0.25) is 0 Å². The maximum absolute atomic E-state index is 2.30. The van der Waals surface area contributed by atoms with E-state index in [1.807, 2.05) is 0 Å². The average molecular weight is 144 g/mol. The fraction of sp³-hybridized carbons (Fsp3) is 0.273. The number of rotatable bonds is 1. The average Bonchev–Trinajstić information content (AvgIpc) is 2.71. The maximum atomic E-state index is 2.30. The molecule has 1 aliphatic rings. The molecule has 0 aromatic heterocycles. The van der Waals surface area contributed by atoms with E-state index in [0.29, 0.717) is 0 Å². The summed E-state index contributed by atoms with van der Waals surface area (Å²) in [4.78, 5) is 0. The highest BCUT2D eigenvalue weighted by Crippen LogP contribution is 2.29. The van der Waals surface area contributed by atoms with Crippen molar-refractivity contribution in [3.63, 3.8) is 0 Å². The Labute approximate surface area is 67.6 Å². The zero-order chi connectivity index (χ0) is 7.68. The Balaban J connectivity index is 2.30. The summed E-state index contributed by atoms with van der Waals surface area (Å²) in [5.41, 5.74) is 4.30. The number of aryl methyl sites for hydroxylation is 1. The molecule has 0 aliphatic heterocycles. The van der Waals surface area contributed by atoms with Gasteiger partial charge in [-0.2, -0.15) is 0 Å². The van der Waals surface area contributed by atoms with Gasteiger partial charge in [0, 0.05) is 0 Å². The molecule has 1 aromatic carbocycles. The molecule has 1 saturated carbocycles. The summed E-state index contributed by atoms with van der Waals surface area (Å²) in [5.74, 6) is 0. The van der Waals surface area contributed by atoms with Gasteiger partial charge < -0.3 is 0 Å². The van der Waals surface area contributed by atoms with E-state index in [1.54, 1.807) is 5.57 Å². The van der Waals surface area contributed by atoms with E-state index in [1.165, 1.54) is 24.0 Å². The first-order valence-corrected chi connectivity index (χ1v) is 4.11. The highest BCUT2D eigenvalue weighted by atomic mass is 14.1. The zero-order valence-corrected chi connectivity index (χ0v) is 6.80. The highest BCUT2D eigenvalue weighted by Gasteiger charge is 2.09. The third-order valence-electron chi connectivity index (χ3n) is 1.95. The zero-order valence-electron chi connectivity index (χ0n) is 6.80. The van der Waals surface area contributed by atoms with Gasteiger partial charge in [-0.25, -0.2) is 0 Å². The fourth-order valence-electron chi connectivity index (χ4n) is 1.21. The molecule has 0 radical (unpaired) electrons. The van der Waals surface area contributed by atoms with Crippen molar-refractivity contribution in [2.75, 3.05) is 0 Å². The molecule has 0 unspecified atom stereocenters. The SMILES string of the molecule is Cc1cccc(C=C2CC2)c1. The van der Waals surface area contributed by atoms with Crippen LogP contribution in [0.15, 0.2) is 29.8 Å². The number of hydrogen-bond donors (Lipinski definition) is 0. The lowest BCUT2D eigenvalue weighted by Gasteiger charge is -1.93. The Morgan fingerprint density at radius 2 is 2.09 bits per heavy atom. The topological polar surface area (TPSA) is 0 Å². The van der Waals surface area contributed by atoms with Crippen LogP contribution in [0.25, 0.3) is 6.08 Å². The van der Waals surface area contributed by atoms with Crippen molar-refractivity contribution in [1.82, 2.24) is 0 Å². The Hall–Kier alpha value is -1.04. The molecule has 11 heavy (non-hydrogen) atoms. The summed E-state index contributed by atoms with van der Waals surface area (Å²) < 4.78 is 0. The molecule has 0 amide bonds. The molecule has 0 spiro atoms. The summed E-state index contributed by atoms with van der Waals surface area (Å²) in [7, 11) is 0. The Bertz CT molecular complexity index is 289. The van der Waals surface area contributed by atoms with E-state index >= 15 is 0 Å². The van der Waals surface area contributed by atoms with E-state index < -0.39 is 0 Å². The minimum absolute atomic E-state index is 1.31. The summed E-state index contributed by atoms with van der Waals surface area (Å²) in [5, 5.41) is 0. The molecule has 0 heterocycles. The molecule has 0 heteroatoms. The van der Waals surface area contributed by atoms with Crippen LogP contribution in [-0.4, -0.2) is 0 Å². The normalized spacial score (nSPS) is 14.8. The molecule has 1 fully saturated rings. The highest BCUT2D eigenvalue weighted by molar-refractivity contribution is 5.56. The maximum Gasteiger partial charge on any atom is -0.0254 e. The van der Waals surface area contributed by atoms with Gasteiger partial charge in [-0.05, 0) is 25.3 Å². The van der Waals surface area contributed by atoms with Crippen LogP contribution in [0.2, 0.25) is 0 Å². The third kappa shape index (κ3) is 1.70. The molecule has 1 aliphatic carbocycles. The Morgan fingerprint density at radius 1 is 1.27 bits per heavy atom. The second-order valence-corrected chi connectivity index (χ2v) is 3.22. The number of benzene rings is 1. The monoisotopic (exact) mass is 144 g/mol. The van der Waals surface area contributed by atoms with E-state index in [2.05, 4.69) is 37.3 Å².